The van der Waals surface area contributed by atoms with Crippen LogP contribution in [0.5, 0.6) is 0 Å². The van der Waals surface area contributed by atoms with Gasteiger partial charge in [-0.05, 0) is 61.6 Å². The van der Waals surface area contributed by atoms with E-state index in [0.29, 0.717) is 34.5 Å². The molecule has 2 amide bonds. The average Bonchev–Trinajstić information content (AvgIpc) is 3.25. The summed E-state index contributed by atoms with van der Waals surface area (Å²) in [7, 11) is 0. The Labute approximate surface area is 235 Å². The van der Waals surface area contributed by atoms with Crippen LogP contribution in [-0.4, -0.2) is 32.3 Å². The standard InChI is InChI=1S/C27H31BrClN5O2S/c1-6-13-34-25(23(14-16(2)3)31-26(36)19-9-7-8-10-21(19)29)32-33-27(34)37-15-24(35)30-22-12-11-20(28)17(4)18(22)5/h6-12,16,23H,1,13-15H2,2-5H3,(H,30,35)(H,31,36)/t23-/m1/s1. The van der Waals surface area contributed by atoms with E-state index in [0.717, 1.165) is 21.3 Å². The van der Waals surface area contributed by atoms with Gasteiger partial charge in [-0.1, -0.05) is 71.3 Å². The molecule has 0 aliphatic carbocycles. The fourth-order valence-corrected chi connectivity index (χ4v) is 5.19. The molecule has 1 heterocycles. The van der Waals surface area contributed by atoms with Gasteiger partial charge in [-0.15, -0.1) is 16.8 Å². The van der Waals surface area contributed by atoms with Crippen molar-refractivity contribution in [3.63, 3.8) is 0 Å². The van der Waals surface area contributed by atoms with Crippen molar-refractivity contribution in [1.82, 2.24) is 20.1 Å². The molecule has 0 bridgehead atoms. The zero-order chi connectivity index (χ0) is 27.1. The molecule has 0 saturated carbocycles. The molecule has 7 nitrogen and oxygen atoms in total. The van der Waals surface area contributed by atoms with Crippen molar-refractivity contribution in [3.05, 3.63) is 81.1 Å². The fourth-order valence-electron chi connectivity index (χ4n) is 3.79. The molecule has 37 heavy (non-hydrogen) atoms. The zero-order valence-electron chi connectivity index (χ0n) is 21.3. The molecule has 3 rings (SSSR count). The largest absolute Gasteiger partial charge is 0.342 e. The minimum atomic E-state index is -0.396. The summed E-state index contributed by atoms with van der Waals surface area (Å²) in [6.07, 6.45) is 2.39. The lowest BCUT2D eigenvalue weighted by Gasteiger charge is -2.21. The van der Waals surface area contributed by atoms with E-state index in [-0.39, 0.29) is 23.5 Å². The van der Waals surface area contributed by atoms with Crippen LogP contribution in [0.3, 0.4) is 0 Å². The van der Waals surface area contributed by atoms with E-state index >= 15 is 0 Å². The third-order valence-corrected chi connectivity index (χ3v) is 7.98. The summed E-state index contributed by atoms with van der Waals surface area (Å²) in [5.74, 6) is 0.625. The van der Waals surface area contributed by atoms with Gasteiger partial charge in [0.25, 0.3) is 5.91 Å². The highest BCUT2D eigenvalue weighted by Crippen LogP contribution is 2.28. The maximum atomic E-state index is 13.0. The molecule has 2 aromatic carbocycles. The second kappa shape index (κ2) is 13.3. The smallest absolute Gasteiger partial charge is 0.253 e. The normalized spacial score (nSPS) is 11.9. The number of rotatable bonds is 11. The van der Waals surface area contributed by atoms with Crippen LogP contribution in [0.15, 0.2) is 58.7 Å². The topological polar surface area (TPSA) is 88.9 Å². The van der Waals surface area contributed by atoms with E-state index in [1.807, 2.05) is 30.5 Å². The molecule has 196 valence electrons. The lowest BCUT2D eigenvalue weighted by Crippen LogP contribution is -2.32. The van der Waals surface area contributed by atoms with Crippen LogP contribution < -0.4 is 10.6 Å². The van der Waals surface area contributed by atoms with E-state index in [9.17, 15) is 9.59 Å². The third kappa shape index (κ3) is 7.46. The number of thioether (sulfide) groups is 1. The second-order valence-electron chi connectivity index (χ2n) is 9.06. The number of carbonyl (C=O) groups is 2. The predicted molar refractivity (Wildman–Crippen MR) is 154 cm³/mol. The van der Waals surface area contributed by atoms with Crippen molar-refractivity contribution < 1.29 is 9.59 Å². The summed E-state index contributed by atoms with van der Waals surface area (Å²) in [5, 5.41) is 15.8. The monoisotopic (exact) mass is 603 g/mol. The maximum Gasteiger partial charge on any atom is 0.253 e. The number of hydrogen-bond donors (Lipinski definition) is 2. The number of nitrogens with one attached hydrogen (secondary N) is 2. The van der Waals surface area contributed by atoms with Gasteiger partial charge in [0, 0.05) is 16.7 Å². The SMILES string of the molecule is C=CCn1c(SCC(=O)Nc2ccc(Br)c(C)c2C)nnc1[C@@H](CC(C)C)NC(=O)c1ccccc1Cl. The molecule has 0 radical (unpaired) electrons. The van der Waals surface area contributed by atoms with Gasteiger partial charge in [0.05, 0.1) is 22.4 Å². The highest BCUT2D eigenvalue weighted by molar-refractivity contribution is 9.10. The molecule has 0 saturated heterocycles. The Morgan fingerprint density at radius 2 is 1.89 bits per heavy atom. The lowest BCUT2D eigenvalue weighted by molar-refractivity contribution is -0.113. The predicted octanol–water partition coefficient (Wildman–Crippen LogP) is 6.74. The Balaban J connectivity index is 1.79. The van der Waals surface area contributed by atoms with Crippen LogP contribution in [0.4, 0.5) is 5.69 Å². The van der Waals surface area contributed by atoms with Crippen molar-refractivity contribution >= 4 is 56.8 Å². The minimum Gasteiger partial charge on any atom is -0.342 e. The molecule has 0 fully saturated rings. The average molecular weight is 605 g/mol. The van der Waals surface area contributed by atoms with Gasteiger partial charge in [0.1, 0.15) is 0 Å². The summed E-state index contributed by atoms with van der Waals surface area (Å²) < 4.78 is 2.89. The molecular formula is C27H31BrClN5O2S. The van der Waals surface area contributed by atoms with Gasteiger partial charge in [-0.3, -0.25) is 9.59 Å². The fraction of sp³-hybridized carbons (Fsp3) is 0.333. The first-order valence-corrected chi connectivity index (χ1v) is 14.1. The van der Waals surface area contributed by atoms with E-state index < -0.39 is 6.04 Å². The summed E-state index contributed by atoms with van der Waals surface area (Å²) in [6.45, 7) is 12.4. The minimum absolute atomic E-state index is 0.143. The Bertz CT molecular complexity index is 1290. The number of hydrogen-bond acceptors (Lipinski definition) is 5. The van der Waals surface area contributed by atoms with Gasteiger partial charge in [-0.25, -0.2) is 0 Å². The number of anilines is 1. The first-order chi connectivity index (χ1) is 17.6. The zero-order valence-corrected chi connectivity index (χ0v) is 24.5. The summed E-state index contributed by atoms with van der Waals surface area (Å²) in [6, 6.07) is 10.3. The number of nitrogens with zero attached hydrogens (tertiary/aromatic N) is 3. The maximum absolute atomic E-state index is 13.0. The molecule has 2 N–H and O–H groups in total. The van der Waals surface area contributed by atoms with Crippen molar-refractivity contribution in [2.24, 2.45) is 5.92 Å². The Hall–Kier alpha value is -2.62. The number of aromatic nitrogens is 3. The van der Waals surface area contributed by atoms with Crippen LogP contribution in [0.2, 0.25) is 5.02 Å². The molecule has 0 aliphatic rings. The van der Waals surface area contributed by atoms with Gasteiger partial charge < -0.3 is 15.2 Å². The van der Waals surface area contributed by atoms with Crippen LogP contribution in [-0.2, 0) is 11.3 Å². The molecule has 10 heteroatoms. The molecule has 1 atom stereocenters. The van der Waals surface area contributed by atoms with E-state index in [1.54, 1.807) is 30.3 Å². The van der Waals surface area contributed by atoms with E-state index in [1.165, 1.54) is 11.8 Å². The number of benzene rings is 2. The van der Waals surface area contributed by atoms with Crippen molar-refractivity contribution in [2.75, 3.05) is 11.1 Å². The highest BCUT2D eigenvalue weighted by Gasteiger charge is 2.25. The van der Waals surface area contributed by atoms with Crippen LogP contribution in [0.25, 0.3) is 0 Å². The highest BCUT2D eigenvalue weighted by atomic mass is 79.9. The van der Waals surface area contributed by atoms with Crippen LogP contribution in [0, 0.1) is 19.8 Å². The molecule has 1 aromatic heterocycles. The number of allylic oxidation sites excluding steroid dienone is 1. The molecule has 0 unspecified atom stereocenters. The molecule has 3 aromatic rings. The quantitative estimate of drug-likeness (QED) is 0.187. The summed E-state index contributed by atoms with van der Waals surface area (Å²) >= 11 is 11.0. The lowest BCUT2D eigenvalue weighted by atomic mass is 10.0. The number of halogens is 2. The summed E-state index contributed by atoms with van der Waals surface area (Å²) in [5.41, 5.74) is 3.27. The van der Waals surface area contributed by atoms with Gasteiger partial charge in [0.2, 0.25) is 5.91 Å². The van der Waals surface area contributed by atoms with Crippen LogP contribution >= 0.6 is 39.3 Å². The van der Waals surface area contributed by atoms with Gasteiger partial charge in [-0.2, -0.15) is 0 Å². The Morgan fingerprint density at radius 3 is 2.57 bits per heavy atom. The number of amides is 2. The van der Waals surface area contributed by atoms with Crippen molar-refractivity contribution in [3.8, 4) is 0 Å². The van der Waals surface area contributed by atoms with Crippen LogP contribution in [0.1, 0.15) is 53.6 Å². The first kappa shape index (κ1) is 28.9. The van der Waals surface area contributed by atoms with Gasteiger partial charge in [0.15, 0.2) is 11.0 Å². The molecule has 0 aliphatic heterocycles. The Morgan fingerprint density at radius 1 is 1.16 bits per heavy atom. The molecular weight excluding hydrogens is 574 g/mol. The summed E-state index contributed by atoms with van der Waals surface area (Å²) in [4.78, 5) is 25.8. The van der Waals surface area contributed by atoms with Crippen molar-refractivity contribution in [1.29, 1.82) is 0 Å². The van der Waals surface area contributed by atoms with E-state index in [4.69, 9.17) is 11.6 Å². The second-order valence-corrected chi connectivity index (χ2v) is 11.3. The number of carbonyl (C=O) groups excluding carboxylic acids is 2. The first-order valence-electron chi connectivity index (χ1n) is 11.9. The molecule has 0 spiro atoms. The van der Waals surface area contributed by atoms with Gasteiger partial charge >= 0.3 is 0 Å². The Kier molecular flexibility index (Phi) is 10.4. The van der Waals surface area contributed by atoms with E-state index in [2.05, 4.69) is 57.2 Å². The third-order valence-electron chi connectivity index (χ3n) is 5.83. The van der Waals surface area contributed by atoms with Crippen molar-refractivity contribution in [2.45, 2.75) is 51.9 Å².